The number of benzene rings is 1. The van der Waals surface area contributed by atoms with Gasteiger partial charge in [0.2, 0.25) is 41.1 Å². The van der Waals surface area contributed by atoms with Crippen LogP contribution in [-0.4, -0.2) is 171 Å². The summed E-state index contributed by atoms with van der Waals surface area (Å²) in [7, 11) is 13.9. The van der Waals surface area contributed by atoms with Crippen LogP contribution in [0.4, 0.5) is 28.8 Å². The molecule has 7 rings (SSSR count). The third-order valence-electron chi connectivity index (χ3n) is 16.6. The van der Waals surface area contributed by atoms with Crippen LogP contribution < -0.4 is 47.4 Å². The van der Waals surface area contributed by atoms with E-state index >= 15 is 0 Å². The largest absolute Gasteiger partial charge is 0.389 e. The Bertz CT molecular complexity index is 4240. The number of Topliss-reactive ketones (excluding diaryl/α,β-unsaturated/α-hetero) is 5. The number of quaternary nitrogens is 1. The molecular formula is C71H95N18O14+. The lowest BCUT2D eigenvalue weighted by atomic mass is 10.0. The molecule has 0 bridgehead atoms. The molecular weight excluding hydrogens is 1330 g/mol. The second-order valence-corrected chi connectivity index (χ2v) is 25.7. The number of aryl methyl sites for hydroxylation is 6. The van der Waals surface area contributed by atoms with E-state index in [0.29, 0.717) is 78.7 Å². The number of aliphatic hydroxyl groups excluding tert-OH is 1. The van der Waals surface area contributed by atoms with Crippen molar-refractivity contribution in [2.45, 2.75) is 116 Å². The van der Waals surface area contributed by atoms with Crippen LogP contribution in [0.5, 0.6) is 0 Å². The fourth-order valence-corrected chi connectivity index (χ4v) is 11.2. The predicted octanol–water partition coefficient (Wildman–Crippen LogP) is 4.00. The van der Waals surface area contributed by atoms with Crippen molar-refractivity contribution in [3.8, 4) is 0 Å². The standard InChI is InChI=1S/C71H92N18O14.H2/c1-83(2)32-14-13-17-50(91)19-15-20-55(93)52-33-45(38-84(52)3)35-56(94)53-34-46(39-85(53)4)36-57(95)65-79-58(41-87(65)6)77-63(98)22-16-29-73-69(101)54-37-49(40-86(54)5)76-70(102)66-81-60(43-89(66)8)82-71(103)67-80-59(42-88(67)7)78-64(99)28-30-72-61(96)27-31-74-68(100)47-23-25-48(26-24-47)75-62(97)21-12-10-9-11-18-51(92)44-90;/h23-26,33-34,37-43,90H,9-22,27-32,35-36,44H2,1-8H3,(H,72,96)(H,73,101)(H,74,100)(H,75,97)(H,76,102)(H,77,98)(H,78,99)(H,82,103);1H/p+1. The Hall–Kier alpha value is -11.3. The first-order valence-electron chi connectivity index (χ1n) is 34.2. The van der Waals surface area contributed by atoms with E-state index in [2.05, 4.69) is 71.6 Å². The van der Waals surface area contributed by atoms with E-state index < -0.39 is 48.0 Å². The van der Waals surface area contributed by atoms with Gasteiger partial charge in [-0.2, -0.15) is 0 Å². The number of unbranched alkanes of at least 4 members (excludes halogenated alkanes) is 4. The van der Waals surface area contributed by atoms with Crippen LogP contribution in [0.15, 0.2) is 79.6 Å². The first kappa shape index (κ1) is 79.1. The zero-order chi connectivity index (χ0) is 74.9. The number of hydrogen-bond acceptors (Lipinski definition) is 17. The van der Waals surface area contributed by atoms with Gasteiger partial charge in [0.15, 0.2) is 40.6 Å². The van der Waals surface area contributed by atoms with Gasteiger partial charge in [-0.15, -0.1) is 0 Å². The fourth-order valence-electron chi connectivity index (χ4n) is 11.2. The molecule has 0 aliphatic rings. The van der Waals surface area contributed by atoms with Crippen LogP contribution in [0.1, 0.15) is 189 Å². The third kappa shape index (κ3) is 24.8. The number of hydrogen-bond donors (Lipinski definition) is 10. The van der Waals surface area contributed by atoms with Crippen molar-refractivity contribution in [3.05, 3.63) is 131 Å². The van der Waals surface area contributed by atoms with Gasteiger partial charge >= 0.3 is 0 Å². The van der Waals surface area contributed by atoms with Gasteiger partial charge in [-0.1, -0.05) is 12.8 Å². The van der Waals surface area contributed by atoms with E-state index in [1.807, 2.05) is 0 Å². The van der Waals surface area contributed by atoms with Crippen LogP contribution >= 0.6 is 0 Å². The third-order valence-corrected chi connectivity index (χ3v) is 16.6. The van der Waals surface area contributed by atoms with Crippen LogP contribution in [0.3, 0.4) is 0 Å². The molecule has 1 aromatic carbocycles. The molecule has 0 radical (unpaired) electrons. The topological polar surface area (TPSA) is 411 Å². The average Bonchev–Trinajstić information content (AvgIpc) is 1.68. The van der Waals surface area contributed by atoms with Crippen LogP contribution in [0.25, 0.3) is 0 Å². The maximum absolute atomic E-state index is 13.5. The smallest absolute Gasteiger partial charge is 0.292 e. The molecule has 0 aliphatic carbocycles. The minimum absolute atomic E-state index is 0. The SMILES string of the molecule is Cn1cc(CC(=O)c2cc(CC(=O)c3nc(NC(=O)CCCNC(=O)c4cc(NC(=O)c5nc(NC(=O)c6nc(NC(=O)CCNC(=O)CCNC(=O)c7ccc(NC(=O)CCCCCCC(=O)CO)cc7)cn6C)cn5C)cn4C)cn3C)cn2C)cc1C(=O)CCCC(=O)CCCC[NH+](C)C.[HH]. The van der Waals surface area contributed by atoms with Crippen LogP contribution in [0, 0.1) is 0 Å². The van der Waals surface area contributed by atoms with Crippen LogP contribution in [-0.2, 0) is 83.9 Å². The first-order chi connectivity index (χ1) is 49.1. The highest BCUT2D eigenvalue weighted by atomic mass is 16.3. The van der Waals surface area contributed by atoms with E-state index in [0.717, 1.165) is 32.2 Å². The fraction of sp³-hybridized carbons (Fsp3) is 0.437. The summed E-state index contributed by atoms with van der Waals surface area (Å²) in [6.07, 6.45) is 16.2. The van der Waals surface area contributed by atoms with E-state index in [4.69, 9.17) is 5.11 Å². The van der Waals surface area contributed by atoms with Crippen molar-refractivity contribution in [2.75, 3.05) is 73.5 Å². The van der Waals surface area contributed by atoms with Gasteiger partial charge in [-0.25, -0.2) is 15.0 Å². The van der Waals surface area contributed by atoms with Crippen molar-refractivity contribution in [3.63, 3.8) is 0 Å². The summed E-state index contributed by atoms with van der Waals surface area (Å²) in [5.74, 6) is -4.39. The lowest BCUT2D eigenvalue weighted by molar-refractivity contribution is -0.858. The van der Waals surface area contributed by atoms with Gasteiger partial charge in [-0.3, -0.25) is 62.3 Å². The van der Waals surface area contributed by atoms with Gasteiger partial charge in [0.25, 0.3) is 23.6 Å². The number of aliphatic hydroxyl groups is 1. The van der Waals surface area contributed by atoms with Crippen molar-refractivity contribution < 1.29 is 73.8 Å². The van der Waals surface area contributed by atoms with E-state index in [9.17, 15) is 62.3 Å². The molecule has 0 fully saturated rings. The summed E-state index contributed by atoms with van der Waals surface area (Å²) in [5.41, 5.74) is 3.38. The lowest BCUT2D eigenvalue weighted by Crippen LogP contribution is -3.05. The van der Waals surface area contributed by atoms with Gasteiger partial charge in [0.05, 0.1) is 37.7 Å². The first-order valence-corrected chi connectivity index (χ1v) is 34.2. The maximum Gasteiger partial charge on any atom is 0.292 e. The lowest BCUT2D eigenvalue weighted by Gasteiger charge is -2.08. The predicted molar refractivity (Wildman–Crippen MR) is 383 cm³/mol. The summed E-state index contributed by atoms with van der Waals surface area (Å²) in [6, 6.07) is 11.1. The Balaban J connectivity index is 0.0000170. The van der Waals surface area contributed by atoms with Crippen molar-refractivity contribution in [1.29, 1.82) is 0 Å². The zero-order valence-electron chi connectivity index (χ0n) is 59.5. The molecule has 0 unspecified atom stereocenters. The summed E-state index contributed by atoms with van der Waals surface area (Å²) in [4.78, 5) is 181. The normalized spacial score (nSPS) is 11.1. The Labute approximate surface area is 597 Å². The molecule has 0 atom stereocenters. The number of anilines is 5. The number of amides is 8. The van der Waals surface area contributed by atoms with Gasteiger partial charge in [-0.05, 0) is 92.1 Å². The zero-order valence-corrected chi connectivity index (χ0v) is 59.5. The second kappa shape index (κ2) is 38.5. The number of nitrogens with zero attached hydrogens (tertiary/aromatic N) is 9. The molecule has 0 saturated carbocycles. The van der Waals surface area contributed by atoms with Crippen molar-refractivity contribution in [2.24, 2.45) is 42.3 Å². The van der Waals surface area contributed by atoms with Gasteiger partial charge in [0.1, 0.15) is 18.1 Å². The van der Waals surface area contributed by atoms with Gasteiger partial charge in [0, 0.05) is 176 Å². The van der Waals surface area contributed by atoms with E-state index in [1.165, 1.54) is 68.1 Å². The number of rotatable bonds is 43. The summed E-state index contributed by atoms with van der Waals surface area (Å²) in [5, 5.41) is 30.2. The molecule has 0 saturated heterocycles. The molecule has 0 spiro atoms. The molecule has 103 heavy (non-hydrogen) atoms. The minimum atomic E-state index is -0.713. The Morgan fingerprint density at radius 1 is 0.388 bits per heavy atom. The summed E-state index contributed by atoms with van der Waals surface area (Å²) < 4.78 is 9.10. The Morgan fingerprint density at radius 2 is 0.874 bits per heavy atom. The number of aromatic nitrogens is 9. The molecule has 7 aromatic rings. The van der Waals surface area contributed by atoms with Crippen LogP contribution in [0.2, 0.25) is 0 Å². The molecule has 0 aliphatic heterocycles. The molecule has 6 aromatic heterocycles. The summed E-state index contributed by atoms with van der Waals surface area (Å²) >= 11 is 0. The number of imidazole rings is 3. The van der Waals surface area contributed by atoms with E-state index in [-0.39, 0.29) is 147 Å². The number of nitrogens with one attached hydrogen (secondary N) is 9. The second-order valence-electron chi connectivity index (χ2n) is 25.7. The Kier molecular flexibility index (Phi) is 29.5. The average molecular weight is 1420 g/mol. The number of carbonyl (C=O) groups is 13. The maximum atomic E-state index is 13.5. The molecule has 6 heterocycles. The highest BCUT2D eigenvalue weighted by Crippen LogP contribution is 2.21. The van der Waals surface area contributed by atoms with Crippen molar-refractivity contribution >= 4 is 105 Å². The highest BCUT2D eigenvalue weighted by molar-refractivity contribution is 6.06. The monoisotopic (exact) mass is 1420 g/mol. The quantitative estimate of drug-likeness (QED) is 0.0191. The molecule has 32 heteroatoms. The molecule has 552 valence electrons. The number of ketones is 5. The molecule has 32 nitrogen and oxygen atoms in total. The molecule has 8 amide bonds. The summed E-state index contributed by atoms with van der Waals surface area (Å²) in [6.45, 7) is 0.649. The van der Waals surface area contributed by atoms with E-state index in [1.54, 1.807) is 86.1 Å². The minimum Gasteiger partial charge on any atom is -0.389 e. The highest BCUT2D eigenvalue weighted by Gasteiger charge is 2.24. The molecule has 10 N–H and O–H groups in total. The van der Waals surface area contributed by atoms with Crippen molar-refractivity contribution in [1.82, 2.24) is 58.3 Å². The Morgan fingerprint density at radius 3 is 1.50 bits per heavy atom. The van der Waals surface area contributed by atoms with Gasteiger partial charge < -0.3 is 79.9 Å². The number of carbonyl (C=O) groups excluding carboxylic acids is 13.